The van der Waals surface area contributed by atoms with E-state index in [9.17, 15) is 4.79 Å². The van der Waals surface area contributed by atoms with Gasteiger partial charge in [-0.05, 0) is 38.6 Å². The van der Waals surface area contributed by atoms with Crippen LogP contribution in [0.2, 0.25) is 10.0 Å². The summed E-state index contributed by atoms with van der Waals surface area (Å²) in [7, 11) is 1.74. The Kier molecular flexibility index (Phi) is 5.25. The summed E-state index contributed by atoms with van der Waals surface area (Å²) in [4.78, 5) is 11.7. The summed E-state index contributed by atoms with van der Waals surface area (Å²) >= 11 is 11.8. The van der Waals surface area contributed by atoms with Crippen LogP contribution < -0.4 is 10.6 Å². The van der Waals surface area contributed by atoms with Crippen molar-refractivity contribution in [2.24, 2.45) is 0 Å². The number of hydrogen-bond acceptors (Lipinski definition) is 2. The van der Waals surface area contributed by atoms with Gasteiger partial charge in [0, 0.05) is 0 Å². The fourth-order valence-corrected chi connectivity index (χ4v) is 1.64. The normalized spacial score (nSPS) is 14.2. The van der Waals surface area contributed by atoms with Crippen molar-refractivity contribution in [3.8, 4) is 0 Å². The molecule has 1 aromatic rings. The molecular weight excluding hydrogens is 259 g/mol. The van der Waals surface area contributed by atoms with Crippen LogP contribution in [0.15, 0.2) is 18.2 Å². The number of nitrogens with one attached hydrogen (secondary N) is 2. The van der Waals surface area contributed by atoms with E-state index in [1.807, 2.05) is 13.0 Å². The van der Waals surface area contributed by atoms with Crippen LogP contribution in [0, 0.1) is 0 Å². The first kappa shape index (κ1) is 14.3. The number of likely N-dealkylation sites (N-methyl/N-ethyl adjacent to an activating group) is 1. The lowest BCUT2D eigenvalue weighted by Gasteiger charge is -2.18. The number of carbonyl (C=O) groups excluding carboxylic acids is 1. The Balaban J connectivity index is 2.73. The molecule has 2 atom stereocenters. The zero-order valence-corrected chi connectivity index (χ0v) is 11.6. The quantitative estimate of drug-likeness (QED) is 0.887. The van der Waals surface area contributed by atoms with Gasteiger partial charge in [0.2, 0.25) is 5.91 Å². The van der Waals surface area contributed by atoms with E-state index in [4.69, 9.17) is 23.2 Å². The standard InChI is InChI=1S/C12H16Cl2N2O/c1-7(16-12(17)8(2)15-3)9-4-5-10(13)11(14)6-9/h4-8,15H,1-3H3,(H,16,17). The lowest BCUT2D eigenvalue weighted by atomic mass is 10.1. The van der Waals surface area contributed by atoms with E-state index in [0.29, 0.717) is 10.0 Å². The Bertz CT molecular complexity index is 409. The van der Waals surface area contributed by atoms with Gasteiger partial charge >= 0.3 is 0 Å². The zero-order chi connectivity index (χ0) is 13.0. The number of rotatable bonds is 4. The SMILES string of the molecule is CNC(C)C(=O)NC(C)c1ccc(Cl)c(Cl)c1. The van der Waals surface area contributed by atoms with E-state index in [2.05, 4.69) is 10.6 Å². The average molecular weight is 275 g/mol. The van der Waals surface area contributed by atoms with Crippen molar-refractivity contribution in [1.29, 1.82) is 0 Å². The predicted molar refractivity (Wildman–Crippen MR) is 71.5 cm³/mol. The van der Waals surface area contributed by atoms with Gasteiger partial charge in [-0.1, -0.05) is 29.3 Å². The first-order valence-electron chi connectivity index (χ1n) is 5.38. The highest BCUT2D eigenvalue weighted by Gasteiger charge is 2.14. The van der Waals surface area contributed by atoms with E-state index < -0.39 is 0 Å². The van der Waals surface area contributed by atoms with Crippen LogP contribution in [0.3, 0.4) is 0 Å². The maximum Gasteiger partial charge on any atom is 0.237 e. The average Bonchev–Trinajstić information content (AvgIpc) is 2.31. The highest BCUT2D eigenvalue weighted by molar-refractivity contribution is 6.42. The van der Waals surface area contributed by atoms with E-state index >= 15 is 0 Å². The fourth-order valence-electron chi connectivity index (χ4n) is 1.33. The highest BCUT2D eigenvalue weighted by atomic mass is 35.5. The molecule has 2 unspecified atom stereocenters. The molecule has 0 heterocycles. The van der Waals surface area contributed by atoms with Crippen LogP contribution in [0.1, 0.15) is 25.5 Å². The monoisotopic (exact) mass is 274 g/mol. The molecule has 17 heavy (non-hydrogen) atoms. The van der Waals surface area contributed by atoms with Gasteiger partial charge in [-0.15, -0.1) is 0 Å². The molecule has 0 fully saturated rings. The maximum absolute atomic E-state index is 11.7. The molecule has 0 radical (unpaired) electrons. The smallest absolute Gasteiger partial charge is 0.237 e. The van der Waals surface area contributed by atoms with Gasteiger partial charge in [-0.25, -0.2) is 0 Å². The van der Waals surface area contributed by atoms with Crippen molar-refractivity contribution < 1.29 is 4.79 Å². The summed E-state index contributed by atoms with van der Waals surface area (Å²) in [5.41, 5.74) is 0.927. The van der Waals surface area contributed by atoms with Crippen LogP contribution in [-0.2, 0) is 4.79 Å². The molecule has 0 spiro atoms. The summed E-state index contributed by atoms with van der Waals surface area (Å²) in [6.45, 7) is 3.71. The van der Waals surface area contributed by atoms with Crippen LogP contribution >= 0.6 is 23.2 Å². The molecule has 5 heteroatoms. The lowest BCUT2D eigenvalue weighted by Crippen LogP contribution is -2.41. The van der Waals surface area contributed by atoms with Crippen molar-refractivity contribution in [2.45, 2.75) is 25.9 Å². The van der Waals surface area contributed by atoms with E-state index in [0.717, 1.165) is 5.56 Å². The summed E-state index contributed by atoms with van der Waals surface area (Å²) in [5.74, 6) is -0.0499. The molecule has 0 aliphatic rings. The maximum atomic E-state index is 11.7. The molecule has 0 aliphatic heterocycles. The molecule has 3 nitrogen and oxygen atoms in total. The van der Waals surface area contributed by atoms with Gasteiger partial charge in [0.15, 0.2) is 0 Å². The second kappa shape index (κ2) is 6.24. The molecular formula is C12H16Cl2N2O. The van der Waals surface area contributed by atoms with Crippen LogP contribution in [0.25, 0.3) is 0 Å². The third-order valence-corrected chi connectivity index (χ3v) is 3.37. The third-order valence-electron chi connectivity index (χ3n) is 2.63. The second-order valence-corrected chi connectivity index (χ2v) is 4.73. The number of amides is 1. The van der Waals surface area contributed by atoms with E-state index in [1.54, 1.807) is 26.1 Å². The number of halogens is 2. The fraction of sp³-hybridized carbons (Fsp3) is 0.417. The van der Waals surface area contributed by atoms with E-state index in [1.165, 1.54) is 0 Å². The van der Waals surface area contributed by atoms with Gasteiger partial charge < -0.3 is 10.6 Å². The van der Waals surface area contributed by atoms with Crippen molar-refractivity contribution in [2.75, 3.05) is 7.05 Å². The molecule has 2 N–H and O–H groups in total. The first-order chi connectivity index (χ1) is 7.95. The Morgan fingerprint density at radius 2 is 1.88 bits per heavy atom. The van der Waals surface area contributed by atoms with E-state index in [-0.39, 0.29) is 18.0 Å². The second-order valence-electron chi connectivity index (χ2n) is 3.91. The largest absolute Gasteiger partial charge is 0.348 e. The van der Waals surface area contributed by atoms with Gasteiger partial charge in [0.05, 0.1) is 22.1 Å². The van der Waals surface area contributed by atoms with Crippen LogP contribution in [0.4, 0.5) is 0 Å². The Morgan fingerprint density at radius 3 is 2.41 bits per heavy atom. The Morgan fingerprint density at radius 1 is 1.24 bits per heavy atom. The molecule has 0 aliphatic carbocycles. The molecule has 0 saturated heterocycles. The van der Waals surface area contributed by atoms with Gasteiger partial charge in [-0.3, -0.25) is 4.79 Å². The van der Waals surface area contributed by atoms with Crippen LogP contribution in [-0.4, -0.2) is 19.0 Å². The highest BCUT2D eigenvalue weighted by Crippen LogP contribution is 2.25. The van der Waals surface area contributed by atoms with Crippen molar-refractivity contribution in [1.82, 2.24) is 10.6 Å². The predicted octanol–water partition coefficient (Wildman–Crippen LogP) is 2.78. The van der Waals surface area contributed by atoms with Crippen molar-refractivity contribution in [3.05, 3.63) is 33.8 Å². The van der Waals surface area contributed by atoms with Crippen molar-refractivity contribution in [3.63, 3.8) is 0 Å². The Hall–Kier alpha value is -0.770. The minimum absolute atomic E-state index is 0.0499. The van der Waals surface area contributed by atoms with Crippen LogP contribution in [0.5, 0.6) is 0 Å². The molecule has 0 aromatic heterocycles. The number of benzene rings is 1. The summed E-state index contributed by atoms with van der Waals surface area (Å²) in [6, 6.07) is 5.01. The van der Waals surface area contributed by atoms with Gasteiger partial charge in [-0.2, -0.15) is 0 Å². The molecule has 1 rings (SSSR count). The minimum atomic E-state index is -0.222. The molecule has 1 amide bonds. The number of carbonyl (C=O) groups is 1. The summed E-state index contributed by atoms with van der Waals surface area (Å²) < 4.78 is 0. The minimum Gasteiger partial charge on any atom is -0.348 e. The summed E-state index contributed by atoms with van der Waals surface area (Å²) in [6.07, 6.45) is 0. The molecule has 0 saturated carbocycles. The molecule has 1 aromatic carbocycles. The van der Waals surface area contributed by atoms with Gasteiger partial charge in [0.1, 0.15) is 0 Å². The van der Waals surface area contributed by atoms with Gasteiger partial charge in [0.25, 0.3) is 0 Å². The third kappa shape index (κ3) is 3.87. The first-order valence-corrected chi connectivity index (χ1v) is 6.14. The molecule has 94 valence electrons. The zero-order valence-electron chi connectivity index (χ0n) is 10.1. The Labute approximate surface area is 111 Å². The number of hydrogen-bond donors (Lipinski definition) is 2. The topological polar surface area (TPSA) is 41.1 Å². The van der Waals surface area contributed by atoms with Crippen molar-refractivity contribution >= 4 is 29.1 Å². The molecule has 0 bridgehead atoms. The summed E-state index contributed by atoms with van der Waals surface area (Å²) in [5, 5.41) is 6.78. The lowest BCUT2D eigenvalue weighted by molar-refractivity contribution is -0.123.